The SMILES string of the molecule is C.O=C1C(Cl)=C2c3ccc(O)c(Cl)c3C[C@@]23CC[C@@H]1C3. The fourth-order valence-corrected chi connectivity index (χ4v) is 4.81. The fourth-order valence-electron chi connectivity index (χ4n) is 4.12. The average molecular weight is 311 g/mol. The van der Waals surface area contributed by atoms with Gasteiger partial charge in [-0.1, -0.05) is 36.7 Å². The number of phenols is 1. The van der Waals surface area contributed by atoms with Gasteiger partial charge in [0.25, 0.3) is 0 Å². The first-order valence-corrected chi connectivity index (χ1v) is 7.24. The smallest absolute Gasteiger partial charge is 0.177 e. The second-order valence-corrected chi connectivity index (χ2v) is 6.63. The molecule has 2 atom stereocenters. The molecule has 0 aliphatic heterocycles. The Morgan fingerprint density at radius 1 is 1.30 bits per heavy atom. The Morgan fingerprint density at radius 2 is 2.05 bits per heavy atom. The number of phenolic OH excluding ortho intramolecular Hbond substituents is 1. The van der Waals surface area contributed by atoms with Crippen LogP contribution in [0.1, 0.15) is 37.8 Å². The van der Waals surface area contributed by atoms with Crippen LogP contribution in [0.3, 0.4) is 0 Å². The van der Waals surface area contributed by atoms with Crippen molar-refractivity contribution in [3.8, 4) is 5.75 Å². The molecule has 106 valence electrons. The van der Waals surface area contributed by atoms with Crippen molar-refractivity contribution in [1.29, 1.82) is 0 Å². The van der Waals surface area contributed by atoms with Gasteiger partial charge < -0.3 is 5.11 Å². The van der Waals surface area contributed by atoms with E-state index < -0.39 is 0 Å². The lowest BCUT2D eigenvalue weighted by molar-refractivity contribution is -0.118. The maximum atomic E-state index is 12.2. The maximum Gasteiger partial charge on any atom is 0.177 e. The van der Waals surface area contributed by atoms with Crippen LogP contribution in [-0.4, -0.2) is 10.9 Å². The van der Waals surface area contributed by atoms with Crippen molar-refractivity contribution in [3.63, 3.8) is 0 Å². The fraction of sp³-hybridized carbons (Fsp3) is 0.438. The van der Waals surface area contributed by atoms with E-state index in [0.29, 0.717) is 10.1 Å². The highest BCUT2D eigenvalue weighted by atomic mass is 35.5. The Labute approximate surface area is 128 Å². The number of hydrogen-bond donors (Lipinski definition) is 1. The Kier molecular flexibility index (Phi) is 2.97. The molecule has 0 saturated heterocycles. The molecule has 0 aromatic heterocycles. The Bertz CT molecular complexity index is 663. The summed E-state index contributed by atoms with van der Waals surface area (Å²) in [5, 5.41) is 10.6. The molecule has 3 aliphatic carbocycles. The van der Waals surface area contributed by atoms with Crippen LogP contribution in [0.15, 0.2) is 17.2 Å². The molecule has 1 saturated carbocycles. The summed E-state index contributed by atoms with van der Waals surface area (Å²) in [6, 6.07) is 3.43. The molecule has 1 fully saturated rings. The van der Waals surface area contributed by atoms with Gasteiger partial charge in [0.2, 0.25) is 0 Å². The van der Waals surface area contributed by atoms with Crippen molar-refractivity contribution in [3.05, 3.63) is 33.3 Å². The van der Waals surface area contributed by atoms with E-state index in [1.54, 1.807) is 6.07 Å². The summed E-state index contributed by atoms with van der Waals surface area (Å²) in [6.07, 6.45) is 3.57. The molecule has 0 amide bonds. The minimum absolute atomic E-state index is 0. The maximum absolute atomic E-state index is 12.2. The number of hydrogen-bond acceptors (Lipinski definition) is 2. The van der Waals surface area contributed by atoms with Crippen LogP contribution in [0, 0.1) is 11.3 Å². The van der Waals surface area contributed by atoms with Crippen molar-refractivity contribution >= 4 is 34.6 Å². The van der Waals surface area contributed by atoms with Crippen LogP contribution < -0.4 is 0 Å². The number of aromatic hydroxyl groups is 1. The lowest BCUT2D eigenvalue weighted by Gasteiger charge is -2.30. The van der Waals surface area contributed by atoms with E-state index in [4.69, 9.17) is 23.2 Å². The third-order valence-corrected chi connectivity index (χ3v) is 5.75. The molecule has 4 rings (SSSR count). The highest BCUT2D eigenvalue weighted by Crippen LogP contribution is 2.63. The summed E-state index contributed by atoms with van der Waals surface area (Å²) in [5.41, 5.74) is 2.87. The summed E-state index contributed by atoms with van der Waals surface area (Å²) >= 11 is 12.6. The third kappa shape index (κ3) is 1.49. The van der Waals surface area contributed by atoms with Crippen molar-refractivity contribution in [2.45, 2.75) is 33.1 Å². The topological polar surface area (TPSA) is 37.3 Å². The van der Waals surface area contributed by atoms with Gasteiger partial charge in [0, 0.05) is 11.3 Å². The lowest BCUT2D eigenvalue weighted by Crippen LogP contribution is -2.25. The van der Waals surface area contributed by atoms with E-state index in [9.17, 15) is 9.90 Å². The van der Waals surface area contributed by atoms with Gasteiger partial charge in [-0.25, -0.2) is 0 Å². The van der Waals surface area contributed by atoms with E-state index in [2.05, 4.69) is 0 Å². The predicted octanol–water partition coefficient (Wildman–Crippen LogP) is 4.56. The molecule has 0 unspecified atom stereocenters. The van der Waals surface area contributed by atoms with Gasteiger partial charge in [-0.2, -0.15) is 0 Å². The van der Waals surface area contributed by atoms with Crippen LogP contribution in [0.2, 0.25) is 5.02 Å². The van der Waals surface area contributed by atoms with Crippen molar-refractivity contribution in [2.75, 3.05) is 0 Å². The average Bonchev–Trinajstić information content (AvgIpc) is 2.93. The molecule has 4 heteroatoms. The molecule has 2 bridgehead atoms. The molecule has 3 aliphatic rings. The summed E-state index contributed by atoms with van der Waals surface area (Å²) in [4.78, 5) is 12.2. The lowest BCUT2D eigenvalue weighted by atomic mass is 9.74. The molecular weight excluding hydrogens is 295 g/mol. The van der Waals surface area contributed by atoms with Gasteiger partial charge in [0.05, 0.1) is 10.1 Å². The first-order chi connectivity index (χ1) is 9.03. The zero-order chi connectivity index (χ0) is 13.4. The molecule has 1 aromatic carbocycles. The summed E-state index contributed by atoms with van der Waals surface area (Å²) in [6.45, 7) is 0. The normalized spacial score (nSPS) is 30.1. The number of allylic oxidation sites excluding steroid dienone is 2. The van der Waals surface area contributed by atoms with Crippen molar-refractivity contribution in [2.24, 2.45) is 11.3 Å². The molecule has 1 N–H and O–H groups in total. The molecule has 2 nitrogen and oxygen atoms in total. The van der Waals surface area contributed by atoms with E-state index in [1.807, 2.05) is 6.07 Å². The van der Waals surface area contributed by atoms with Gasteiger partial charge in [-0.05, 0) is 48.4 Å². The van der Waals surface area contributed by atoms with Crippen molar-refractivity contribution < 1.29 is 9.90 Å². The quantitative estimate of drug-likeness (QED) is 0.763. The van der Waals surface area contributed by atoms with Crippen LogP contribution in [0.25, 0.3) is 5.57 Å². The van der Waals surface area contributed by atoms with Gasteiger partial charge in [-0.15, -0.1) is 0 Å². The van der Waals surface area contributed by atoms with E-state index in [1.165, 1.54) is 0 Å². The van der Waals surface area contributed by atoms with Gasteiger partial charge >= 0.3 is 0 Å². The van der Waals surface area contributed by atoms with E-state index >= 15 is 0 Å². The summed E-state index contributed by atoms with van der Waals surface area (Å²) in [7, 11) is 0. The molecule has 0 radical (unpaired) electrons. The minimum atomic E-state index is -0.0184. The minimum Gasteiger partial charge on any atom is -0.506 e. The zero-order valence-corrected chi connectivity index (χ0v) is 11.7. The zero-order valence-electron chi connectivity index (χ0n) is 10.2. The third-order valence-electron chi connectivity index (χ3n) is 4.95. The number of Topliss-reactive ketones (excluding diaryl/α,β-unsaturated/α-hetero) is 1. The Balaban J connectivity index is 0.00000121. The number of halogens is 2. The molecule has 1 aromatic rings. The number of carbonyl (C=O) groups is 1. The number of rotatable bonds is 0. The number of ketones is 1. The Morgan fingerprint density at radius 3 is 2.80 bits per heavy atom. The Hall–Kier alpha value is -0.990. The highest BCUT2D eigenvalue weighted by molar-refractivity contribution is 6.47. The van der Waals surface area contributed by atoms with Crippen molar-refractivity contribution in [1.82, 2.24) is 0 Å². The first kappa shape index (κ1) is 14.0. The largest absolute Gasteiger partial charge is 0.506 e. The number of carbonyl (C=O) groups excluding carboxylic acids is 1. The van der Waals surface area contributed by atoms with Gasteiger partial charge in [0.1, 0.15) is 5.75 Å². The van der Waals surface area contributed by atoms with Gasteiger partial charge in [-0.3, -0.25) is 4.79 Å². The standard InChI is InChI=1S/C15H12Cl2O2.CH4/c16-12-9-6-15-4-3-7(5-15)14(19)13(17)11(15)8(9)1-2-10(12)18;/h1-2,7,18H,3-6H2;1H4/t7-,15+;/m1./s1. The summed E-state index contributed by atoms with van der Waals surface area (Å²) in [5.74, 6) is 0.271. The molecular formula is C16H16Cl2O2. The molecule has 1 spiro atoms. The monoisotopic (exact) mass is 310 g/mol. The summed E-state index contributed by atoms with van der Waals surface area (Å²) < 4.78 is 0. The van der Waals surface area contributed by atoms with Gasteiger partial charge in [0.15, 0.2) is 5.78 Å². The molecule has 0 heterocycles. The molecule has 20 heavy (non-hydrogen) atoms. The second-order valence-electron chi connectivity index (χ2n) is 5.87. The van der Waals surface area contributed by atoms with Crippen LogP contribution >= 0.6 is 23.2 Å². The van der Waals surface area contributed by atoms with Crippen LogP contribution in [-0.2, 0) is 11.2 Å². The van der Waals surface area contributed by atoms with Crippen LogP contribution in [0.5, 0.6) is 5.75 Å². The van der Waals surface area contributed by atoms with Crippen LogP contribution in [0.4, 0.5) is 0 Å². The highest BCUT2D eigenvalue weighted by Gasteiger charge is 2.54. The first-order valence-electron chi connectivity index (χ1n) is 6.49. The second kappa shape index (κ2) is 4.25. The van der Waals surface area contributed by atoms with E-state index in [0.717, 1.165) is 42.4 Å². The predicted molar refractivity (Wildman–Crippen MR) is 81.1 cm³/mol. The van der Waals surface area contributed by atoms with E-state index in [-0.39, 0.29) is 30.3 Å². The number of benzene rings is 1. The number of fused-ring (bicyclic) bond motifs is 3.